The van der Waals surface area contributed by atoms with Crippen LogP contribution in [0, 0.1) is 40.9 Å². The molecule has 41 heavy (non-hydrogen) atoms. The molecule has 1 aliphatic rings. The average Bonchev–Trinajstić information content (AvgIpc) is 3.28. The molecule has 1 aromatic carbocycles. The van der Waals surface area contributed by atoms with E-state index in [9.17, 15) is 27.6 Å². The summed E-state index contributed by atoms with van der Waals surface area (Å²) < 4.78 is 84.2. The van der Waals surface area contributed by atoms with Gasteiger partial charge < -0.3 is 20.0 Å². The minimum Gasteiger partial charge on any atom is -0.463 e. The normalized spacial score (nSPS) is 22.3. The number of ketones is 1. The van der Waals surface area contributed by atoms with Crippen molar-refractivity contribution >= 4 is 18.0 Å². The van der Waals surface area contributed by atoms with Crippen molar-refractivity contribution in [3.05, 3.63) is 29.1 Å². The quantitative estimate of drug-likeness (QED) is 0.0870. The number of benzene rings is 1. The van der Waals surface area contributed by atoms with Crippen LogP contribution in [0.2, 0.25) is 0 Å². The molecule has 1 aliphatic heterocycles. The molecule has 2 N–H and O–H groups in total. The van der Waals surface area contributed by atoms with Gasteiger partial charge >= 0.3 is 0 Å². The molecule has 0 spiro atoms. The van der Waals surface area contributed by atoms with Gasteiger partial charge in [0.15, 0.2) is 22.8 Å². The summed E-state index contributed by atoms with van der Waals surface area (Å²) in [7, 11) is 4.10. The van der Waals surface area contributed by atoms with Crippen LogP contribution in [0.15, 0.2) is 0 Å². The van der Waals surface area contributed by atoms with E-state index in [0.717, 1.165) is 12.0 Å². The molecule has 1 amide bonds. The number of carbonyl (C=O) groups is 3. The molecule has 8 nitrogen and oxygen atoms in total. The number of Topliss-reactive ketones (excluding diaryl/α,β-unsaturated/α-hetero) is 1. The van der Waals surface area contributed by atoms with Gasteiger partial charge in [0.25, 0.3) is 0 Å². The molecule has 1 fully saturated rings. The van der Waals surface area contributed by atoms with Crippen LogP contribution < -0.4 is 10.5 Å². The Morgan fingerprint density at radius 3 is 1.98 bits per heavy atom. The number of carbonyl (C=O) groups excluding carboxylic acids is 3. The Morgan fingerprint density at radius 2 is 1.61 bits per heavy atom. The van der Waals surface area contributed by atoms with Crippen LogP contribution in [0.5, 0.6) is 5.75 Å². The SMILES string of the molecule is CC[C@H](C)[C@@](Oc1c(F)c(F)c(F)c(F)c1F)([C@@H](CC=O)OC)N(C)[C@@](C(N)=O)(C(=O)[C@]1(C)CCCN1C)C(C)C. The van der Waals surface area contributed by atoms with E-state index < -0.39 is 87.7 Å². The van der Waals surface area contributed by atoms with Gasteiger partial charge in [0, 0.05) is 19.4 Å². The van der Waals surface area contributed by atoms with Crippen LogP contribution in [-0.4, -0.2) is 78.4 Å². The lowest BCUT2D eigenvalue weighted by molar-refractivity contribution is -0.229. The fraction of sp³-hybridized carbons (Fsp3) is 0.679. The van der Waals surface area contributed by atoms with Crippen molar-refractivity contribution < 1.29 is 45.8 Å². The van der Waals surface area contributed by atoms with Crippen LogP contribution in [0.4, 0.5) is 22.0 Å². The summed E-state index contributed by atoms with van der Waals surface area (Å²) in [5.41, 5.74) is 0.197. The Hall–Kier alpha value is -2.64. The van der Waals surface area contributed by atoms with Crippen LogP contribution in [0.3, 0.4) is 0 Å². The zero-order valence-corrected chi connectivity index (χ0v) is 24.7. The number of methoxy groups -OCH3 is 1. The van der Waals surface area contributed by atoms with Crippen LogP contribution >= 0.6 is 0 Å². The van der Waals surface area contributed by atoms with Crippen LogP contribution in [0.25, 0.3) is 0 Å². The monoisotopic (exact) mass is 593 g/mol. The summed E-state index contributed by atoms with van der Waals surface area (Å²) in [5.74, 6) is -16.7. The number of halogens is 5. The van der Waals surface area contributed by atoms with Crippen molar-refractivity contribution in [3.63, 3.8) is 0 Å². The number of nitrogens with zero attached hydrogens (tertiary/aromatic N) is 2. The molecule has 5 atom stereocenters. The van der Waals surface area contributed by atoms with E-state index in [1.807, 2.05) is 0 Å². The number of likely N-dealkylation sites (N-methyl/N-ethyl adjacent to an activating group) is 2. The molecule has 1 saturated heterocycles. The van der Waals surface area contributed by atoms with Crippen LogP contribution in [-0.2, 0) is 19.1 Å². The maximum absolute atomic E-state index is 15.1. The topological polar surface area (TPSA) is 102 Å². The minimum atomic E-state index is -2.40. The van der Waals surface area contributed by atoms with E-state index in [2.05, 4.69) is 0 Å². The van der Waals surface area contributed by atoms with Crippen LogP contribution in [0.1, 0.15) is 60.3 Å². The first-order valence-corrected chi connectivity index (χ1v) is 13.4. The van der Waals surface area contributed by atoms with Gasteiger partial charge in [0.05, 0.1) is 5.54 Å². The van der Waals surface area contributed by atoms with Gasteiger partial charge in [-0.05, 0) is 52.7 Å². The number of rotatable bonds is 14. The second kappa shape index (κ2) is 12.7. The van der Waals surface area contributed by atoms with E-state index >= 15 is 8.78 Å². The maximum Gasteiger partial charge on any atom is 0.246 e. The highest BCUT2D eigenvalue weighted by atomic mass is 19.2. The number of nitrogens with two attached hydrogens (primary N) is 1. The molecule has 0 aliphatic carbocycles. The Labute approximate surface area is 237 Å². The third-order valence-corrected chi connectivity index (χ3v) is 8.91. The third kappa shape index (κ3) is 5.25. The fourth-order valence-corrected chi connectivity index (χ4v) is 6.19. The van der Waals surface area contributed by atoms with E-state index in [1.54, 1.807) is 39.6 Å². The summed E-state index contributed by atoms with van der Waals surface area (Å²) in [4.78, 5) is 42.8. The Kier molecular flexibility index (Phi) is 10.7. The maximum atomic E-state index is 15.1. The molecule has 0 unspecified atom stereocenters. The first-order valence-electron chi connectivity index (χ1n) is 13.4. The van der Waals surface area contributed by atoms with E-state index in [-0.39, 0.29) is 6.42 Å². The predicted octanol–water partition coefficient (Wildman–Crippen LogP) is 3.97. The largest absolute Gasteiger partial charge is 0.463 e. The number of aldehydes is 1. The molecule has 0 radical (unpaired) electrons. The third-order valence-electron chi connectivity index (χ3n) is 8.91. The van der Waals surface area contributed by atoms with E-state index in [4.69, 9.17) is 15.2 Å². The van der Waals surface area contributed by atoms with Gasteiger partial charge in [0.1, 0.15) is 12.4 Å². The molecule has 0 bridgehead atoms. The van der Waals surface area contributed by atoms with Crippen molar-refractivity contribution in [2.24, 2.45) is 17.6 Å². The van der Waals surface area contributed by atoms with Crippen molar-refractivity contribution in [1.82, 2.24) is 9.80 Å². The first-order chi connectivity index (χ1) is 19.0. The first kappa shape index (κ1) is 34.6. The zero-order chi connectivity index (χ0) is 31.7. The fourth-order valence-electron chi connectivity index (χ4n) is 6.19. The second-order valence-electron chi connectivity index (χ2n) is 11.2. The summed E-state index contributed by atoms with van der Waals surface area (Å²) in [6.07, 6.45) is -0.464. The number of hydrogen-bond donors (Lipinski definition) is 1. The highest BCUT2D eigenvalue weighted by Gasteiger charge is 2.66. The van der Waals surface area contributed by atoms with Gasteiger partial charge in [-0.3, -0.25) is 14.5 Å². The lowest BCUT2D eigenvalue weighted by atomic mass is 9.69. The van der Waals surface area contributed by atoms with Gasteiger partial charge in [-0.2, -0.15) is 8.78 Å². The smallest absolute Gasteiger partial charge is 0.246 e. The molecule has 0 aromatic heterocycles. The van der Waals surface area contributed by atoms with Crippen molar-refractivity contribution in [2.75, 3.05) is 27.7 Å². The Bertz CT molecular complexity index is 1140. The zero-order valence-electron chi connectivity index (χ0n) is 24.7. The van der Waals surface area contributed by atoms with Gasteiger partial charge in [-0.1, -0.05) is 27.7 Å². The number of hydrogen-bond acceptors (Lipinski definition) is 7. The molecule has 1 heterocycles. The van der Waals surface area contributed by atoms with Gasteiger partial charge in [-0.25, -0.2) is 18.1 Å². The molecule has 2 rings (SSSR count). The summed E-state index contributed by atoms with van der Waals surface area (Å²) >= 11 is 0. The number of primary amides is 1. The van der Waals surface area contributed by atoms with E-state index in [1.165, 1.54) is 14.0 Å². The molecular formula is C28H40F5N3O5. The van der Waals surface area contributed by atoms with Crippen molar-refractivity contribution in [1.29, 1.82) is 0 Å². The molecule has 0 saturated carbocycles. The molecule has 232 valence electrons. The average molecular weight is 594 g/mol. The Morgan fingerprint density at radius 1 is 1.10 bits per heavy atom. The van der Waals surface area contributed by atoms with Gasteiger partial charge in [0.2, 0.25) is 35.0 Å². The molecule has 13 heteroatoms. The summed E-state index contributed by atoms with van der Waals surface area (Å²) in [6, 6.07) is 0. The molecular weight excluding hydrogens is 553 g/mol. The van der Waals surface area contributed by atoms with Gasteiger partial charge in [-0.15, -0.1) is 0 Å². The number of amides is 1. The second-order valence-corrected chi connectivity index (χ2v) is 11.2. The predicted molar refractivity (Wildman–Crippen MR) is 140 cm³/mol. The lowest BCUT2D eigenvalue weighted by Gasteiger charge is -2.57. The number of ether oxygens (including phenoxy) is 2. The minimum absolute atomic E-state index is 0.122. The number of likely N-dealkylation sites (tertiary alicyclic amines) is 1. The summed E-state index contributed by atoms with van der Waals surface area (Å²) in [5, 5.41) is 0. The highest BCUT2D eigenvalue weighted by Crippen LogP contribution is 2.46. The lowest BCUT2D eigenvalue weighted by Crippen LogP contribution is -2.79. The van der Waals surface area contributed by atoms with Crippen molar-refractivity contribution in [2.45, 2.75) is 83.2 Å². The molecule has 1 aromatic rings. The standard InChI is InChI=1S/C28H40F5N3O5/c1-9-16(4)28(17(40-8)11-14-37,41-23-21(32)19(30)18(29)20(31)22(23)33)36(7)27(15(2)3,25(34)39)24(38)26(5)12-10-13-35(26)6/h14-17H,9-13H2,1-8H3,(H2,34,39)/t16-,17+,26-,27+,28+/m0/s1. The highest BCUT2D eigenvalue weighted by molar-refractivity contribution is 6.14. The summed E-state index contributed by atoms with van der Waals surface area (Å²) in [6.45, 7) is 8.41. The Balaban J connectivity index is 3.09. The van der Waals surface area contributed by atoms with E-state index in [0.29, 0.717) is 25.7 Å². The van der Waals surface area contributed by atoms with Crippen molar-refractivity contribution in [3.8, 4) is 5.75 Å².